The van der Waals surface area contributed by atoms with E-state index in [4.69, 9.17) is 5.84 Å². The summed E-state index contributed by atoms with van der Waals surface area (Å²) in [6, 6.07) is 0. The van der Waals surface area contributed by atoms with Crippen molar-refractivity contribution in [2.75, 3.05) is 0 Å². The van der Waals surface area contributed by atoms with Crippen LogP contribution in [0, 0.1) is 5.41 Å². The molecule has 3 N–H and O–H groups in total. The molecular formula is C2H4N3S. The maximum absolute atomic E-state index is 5.13. The Labute approximate surface area is 40.3 Å². The fourth-order valence-corrected chi connectivity index (χ4v) is 0.524. The van der Waals surface area contributed by atoms with E-state index in [1.807, 2.05) is 0 Å². The van der Waals surface area contributed by atoms with Crippen LogP contribution in [0.25, 0.3) is 0 Å². The van der Waals surface area contributed by atoms with Crippen LogP contribution in [0.4, 0.5) is 0 Å². The third-order valence-electron chi connectivity index (χ3n) is 0.402. The predicted molar refractivity (Wildman–Crippen MR) is 24.6 cm³/mol. The van der Waals surface area contributed by atoms with Gasteiger partial charge in [-0.05, 0) is 11.9 Å². The summed E-state index contributed by atoms with van der Waals surface area (Å²) in [4.78, 5) is 0. The SMILES string of the molecule is NN1NC=[C]S1. The summed E-state index contributed by atoms with van der Waals surface area (Å²) in [5, 5.41) is 2.75. The first-order valence-corrected chi connectivity index (χ1v) is 2.22. The van der Waals surface area contributed by atoms with Crippen LogP contribution < -0.4 is 11.3 Å². The first kappa shape index (κ1) is 3.98. The van der Waals surface area contributed by atoms with Gasteiger partial charge >= 0.3 is 0 Å². The van der Waals surface area contributed by atoms with Crippen molar-refractivity contribution in [2.45, 2.75) is 0 Å². The van der Waals surface area contributed by atoms with E-state index >= 15 is 0 Å². The second-order valence-electron chi connectivity index (χ2n) is 0.808. The normalized spacial score (nSPS) is 21.5. The lowest BCUT2D eigenvalue weighted by molar-refractivity contribution is 0.440. The van der Waals surface area contributed by atoms with Gasteiger partial charge in [-0.25, -0.2) is 5.84 Å². The van der Waals surface area contributed by atoms with Crippen molar-refractivity contribution in [3.63, 3.8) is 0 Å². The van der Waals surface area contributed by atoms with E-state index in [1.54, 1.807) is 6.20 Å². The van der Waals surface area contributed by atoms with E-state index in [2.05, 4.69) is 10.8 Å². The van der Waals surface area contributed by atoms with Gasteiger partial charge in [0.05, 0.1) is 5.41 Å². The van der Waals surface area contributed by atoms with Crippen LogP contribution in [0.3, 0.4) is 0 Å². The van der Waals surface area contributed by atoms with E-state index in [0.29, 0.717) is 0 Å². The summed E-state index contributed by atoms with van der Waals surface area (Å²) in [6.45, 7) is 0. The Morgan fingerprint density at radius 2 is 2.83 bits per heavy atom. The third kappa shape index (κ3) is 0.649. The van der Waals surface area contributed by atoms with Crippen LogP contribution in [0.1, 0.15) is 0 Å². The molecule has 0 aromatic rings. The zero-order chi connectivity index (χ0) is 4.41. The standard InChI is InChI=1S/C2H4N3S/c3-5-4-1-2-6-5/h1,4H,3H2. The molecule has 1 radical (unpaired) electrons. The van der Waals surface area contributed by atoms with Crippen LogP contribution in [0.5, 0.6) is 0 Å². The first-order chi connectivity index (χ1) is 2.89. The van der Waals surface area contributed by atoms with Crippen molar-refractivity contribution in [3.05, 3.63) is 11.6 Å². The molecule has 0 bridgehead atoms. The summed E-state index contributed by atoms with van der Waals surface area (Å²) in [7, 11) is 0. The summed E-state index contributed by atoms with van der Waals surface area (Å²) in [5.74, 6) is 5.13. The molecule has 0 aliphatic carbocycles. The van der Waals surface area contributed by atoms with E-state index < -0.39 is 0 Å². The van der Waals surface area contributed by atoms with Gasteiger partial charge in [0.1, 0.15) is 0 Å². The molecule has 0 saturated carbocycles. The monoisotopic (exact) mass is 102 g/mol. The number of hydrogen-bond donors (Lipinski definition) is 2. The van der Waals surface area contributed by atoms with Crippen LogP contribution in [0.15, 0.2) is 6.20 Å². The molecule has 1 heterocycles. The van der Waals surface area contributed by atoms with Gasteiger partial charge in [-0.2, -0.15) is 0 Å². The fourth-order valence-electron chi connectivity index (χ4n) is 0.199. The minimum Gasteiger partial charge on any atom is -0.302 e. The molecule has 3 nitrogen and oxygen atoms in total. The third-order valence-corrected chi connectivity index (χ3v) is 0.927. The minimum absolute atomic E-state index is 1.29. The average Bonchev–Trinajstić information content (AvgIpc) is 1.86. The Hall–Kier alpha value is -0.190. The van der Waals surface area contributed by atoms with Gasteiger partial charge in [0, 0.05) is 6.20 Å². The van der Waals surface area contributed by atoms with Gasteiger partial charge in [-0.1, -0.05) is 4.52 Å². The molecule has 0 fully saturated rings. The molecule has 6 heavy (non-hydrogen) atoms. The highest BCUT2D eigenvalue weighted by atomic mass is 32.2. The number of hydrazine groups is 2. The highest BCUT2D eigenvalue weighted by Crippen LogP contribution is 2.04. The van der Waals surface area contributed by atoms with Gasteiger partial charge in [0.25, 0.3) is 0 Å². The maximum Gasteiger partial charge on any atom is 0.0599 e. The lowest BCUT2D eigenvalue weighted by atomic mass is 11.1. The maximum atomic E-state index is 5.13. The molecule has 33 valence electrons. The van der Waals surface area contributed by atoms with Crippen molar-refractivity contribution in [3.8, 4) is 0 Å². The summed E-state index contributed by atoms with van der Waals surface area (Å²) in [5.41, 5.74) is 2.66. The Bertz CT molecular complexity index is 63.2. The minimum atomic E-state index is 1.29. The number of rotatable bonds is 0. The van der Waals surface area contributed by atoms with Gasteiger partial charge in [0.15, 0.2) is 0 Å². The zero-order valence-corrected chi connectivity index (χ0v) is 3.83. The van der Waals surface area contributed by atoms with Crippen molar-refractivity contribution in [1.29, 1.82) is 0 Å². The molecule has 1 aliphatic heterocycles. The van der Waals surface area contributed by atoms with E-state index in [-0.39, 0.29) is 0 Å². The lowest BCUT2D eigenvalue weighted by Crippen LogP contribution is -2.29. The molecule has 0 aromatic carbocycles. The van der Waals surface area contributed by atoms with Crippen molar-refractivity contribution < 1.29 is 0 Å². The van der Waals surface area contributed by atoms with Crippen LogP contribution in [0.2, 0.25) is 0 Å². The van der Waals surface area contributed by atoms with Gasteiger partial charge < -0.3 is 5.43 Å². The van der Waals surface area contributed by atoms with Crippen molar-refractivity contribution in [1.82, 2.24) is 9.95 Å². The molecule has 0 amide bonds. The Balaban J connectivity index is 2.32. The number of nitrogens with two attached hydrogens (primary N) is 1. The smallest absolute Gasteiger partial charge is 0.0599 e. The molecule has 0 unspecified atom stereocenters. The molecule has 0 aromatic heterocycles. The van der Waals surface area contributed by atoms with Gasteiger partial charge in [-0.3, -0.25) is 0 Å². The fraction of sp³-hybridized carbons (Fsp3) is 0. The van der Waals surface area contributed by atoms with Crippen LogP contribution in [-0.4, -0.2) is 4.52 Å². The first-order valence-electron chi connectivity index (χ1n) is 1.45. The molecular weight excluding hydrogens is 98.1 g/mol. The number of nitrogens with zero attached hydrogens (tertiary/aromatic N) is 1. The topological polar surface area (TPSA) is 41.3 Å². The summed E-state index contributed by atoms with van der Waals surface area (Å²) < 4.78 is 1.36. The van der Waals surface area contributed by atoms with E-state index in [0.717, 1.165) is 0 Å². The number of nitrogens with one attached hydrogen (secondary N) is 1. The van der Waals surface area contributed by atoms with Crippen LogP contribution >= 0.6 is 11.9 Å². The molecule has 0 spiro atoms. The van der Waals surface area contributed by atoms with Crippen molar-refractivity contribution in [2.24, 2.45) is 5.84 Å². The molecule has 4 heteroatoms. The largest absolute Gasteiger partial charge is 0.302 e. The van der Waals surface area contributed by atoms with Crippen molar-refractivity contribution >= 4 is 11.9 Å². The molecule has 0 saturated heterocycles. The zero-order valence-electron chi connectivity index (χ0n) is 3.01. The summed E-state index contributed by atoms with van der Waals surface area (Å²) in [6.07, 6.45) is 1.64. The second kappa shape index (κ2) is 1.51. The average molecular weight is 102 g/mol. The molecule has 1 aliphatic rings. The van der Waals surface area contributed by atoms with Gasteiger partial charge in [0.2, 0.25) is 0 Å². The van der Waals surface area contributed by atoms with E-state index in [1.165, 1.54) is 16.5 Å². The Kier molecular flexibility index (Phi) is 0.999. The molecule has 1 rings (SSSR count). The van der Waals surface area contributed by atoms with E-state index in [9.17, 15) is 0 Å². The predicted octanol–water partition coefficient (Wildman–Crippen LogP) is -0.397. The highest BCUT2D eigenvalue weighted by Gasteiger charge is 1.95. The van der Waals surface area contributed by atoms with Crippen LogP contribution in [-0.2, 0) is 0 Å². The quantitative estimate of drug-likeness (QED) is 0.322. The second-order valence-corrected chi connectivity index (χ2v) is 1.62. The summed E-state index contributed by atoms with van der Waals surface area (Å²) >= 11 is 1.29. The number of hydrogen-bond acceptors (Lipinski definition) is 4. The highest BCUT2D eigenvalue weighted by molar-refractivity contribution is 7.98. The Morgan fingerprint density at radius 3 is 3.00 bits per heavy atom. The van der Waals surface area contributed by atoms with Gasteiger partial charge in [-0.15, -0.1) is 0 Å². The Morgan fingerprint density at radius 1 is 2.00 bits per heavy atom. The lowest BCUT2D eigenvalue weighted by Gasteiger charge is -2.01. The molecule has 0 atom stereocenters.